The SMILES string of the molecule is CCC(=O)NNC(=O)Nc1c[c]([Sn]([CH3])([CH3])[CH3])cc2ccccc12. The number of anilines is 1. The Balaban J connectivity index is 2.31. The molecule has 0 spiro atoms. The van der Waals surface area contributed by atoms with Crippen LogP contribution in [0.3, 0.4) is 0 Å². The minimum absolute atomic E-state index is 0.232. The zero-order valence-electron chi connectivity index (χ0n) is 14.0. The molecule has 2 rings (SSSR count). The molecular weight excluding hydrogens is 397 g/mol. The van der Waals surface area contributed by atoms with E-state index >= 15 is 0 Å². The van der Waals surface area contributed by atoms with Crippen LogP contribution >= 0.6 is 0 Å². The molecule has 3 N–H and O–H groups in total. The van der Waals surface area contributed by atoms with Gasteiger partial charge in [0.1, 0.15) is 0 Å². The molecule has 0 atom stereocenters. The average molecular weight is 420 g/mol. The number of hydrazine groups is 1. The zero-order valence-corrected chi connectivity index (χ0v) is 16.8. The van der Waals surface area contributed by atoms with Crippen LogP contribution in [0, 0.1) is 0 Å². The van der Waals surface area contributed by atoms with Crippen molar-refractivity contribution in [3.8, 4) is 0 Å². The van der Waals surface area contributed by atoms with E-state index in [1.165, 1.54) is 3.58 Å². The summed E-state index contributed by atoms with van der Waals surface area (Å²) in [4.78, 5) is 30.3. The van der Waals surface area contributed by atoms with E-state index in [0.29, 0.717) is 6.42 Å². The molecule has 0 bridgehead atoms. The normalized spacial score (nSPS) is 11.1. The van der Waals surface area contributed by atoms with Crippen molar-refractivity contribution in [2.75, 3.05) is 5.32 Å². The van der Waals surface area contributed by atoms with Gasteiger partial charge in [-0.15, -0.1) is 0 Å². The van der Waals surface area contributed by atoms with Gasteiger partial charge in [-0.05, 0) is 0 Å². The third kappa shape index (κ3) is 4.60. The van der Waals surface area contributed by atoms with Gasteiger partial charge in [-0.2, -0.15) is 0 Å². The molecule has 0 fully saturated rings. The van der Waals surface area contributed by atoms with Gasteiger partial charge in [0.15, 0.2) is 0 Å². The molecule has 0 saturated carbocycles. The molecule has 0 radical (unpaired) electrons. The van der Waals surface area contributed by atoms with Crippen molar-refractivity contribution < 1.29 is 9.59 Å². The van der Waals surface area contributed by atoms with Gasteiger partial charge in [-0.1, -0.05) is 0 Å². The van der Waals surface area contributed by atoms with Gasteiger partial charge in [-0.3, -0.25) is 0 Å². The molecular formula is C17H23N3O2Sn. The molecule has 0 aliphatic carbocycles. The van der Waals surface area contributed by atoms with Gasteiger partial charge in [0.05, 0.1) is 0 Å². The van der Waals surface area contributed by atoms with Crippen molar-refractivity contribution in [1.82, 2.24) is 10.9 Å². The van der Waals surface area contributed by atoms with Crippen LogP contribution in [0.2, 0.25) is 14.8 Å². The molecule has 2 aromatic carbocycles. The van der Waals surface area contributed by atoms with Gasteiger partial charge >= 0.3 is 141 Å². The van der Waals surface area contributed by atoms with E-state index < -0.39 is 24.4 Å². The Kier molecular flexibility index (Phi) is 5.51. The molecule has 0 unspecified atom stereocenters. The third-order valence-corrected chi connectivity index (χ3v) is 9.38. The summed E-state index contributed by atoms with van der Waals surface area (Å²) in [5, 5.41) is 4.95. The molecule has 0 heterocycles. The number of fused-ring (bicyclic) bond motifs is 1. The molecule has 0 aromatic heterocycles. The Morgan fingerprint density at radius 1 is 1.04 bits per heavy atom. The maximum atomic E-state index is 12.0. The number of rotatable bonds is 3. The molecule has 23 heavy (non-hydrogen) atoms. The number of urea groups is 1. The first-order chi connectivity index (χ1) is 10.8. The summed E-state index contributed by atoms with van der Waals surface area (Å²) in [6, 6.07) is 11.8. The van der Waals surface area contributed by atoms with Crippen LogP contribution in [0.1, 0.15) is 13.3 Å². The second-order valence-corrected chi connectivity index (χ2v) is 21.0. The van der Waals surface area contributed by atoms with Crippen molar-refractivity contribution in [2.24, 2.45) is 0 Å². The second-order valence-electron chi connectivity index (χ2n) is 6.48. The van der Waals surface area contributed by atoms with Gasteiger partial charge < -0.3 is 0 Å². The number of carbonyl (C=O) groups excluding carboxylic acids is 2. The summed E-state index contributed by atoms with van der Waals surface area (Å²) in [6.07, 6.45) is 0.317. The van der Waals surface area contributed by atoms with Crippen LogP contribution < -0.4 is 19.7 Å². The number of nitrogens with one attached hydrogen (secondary N) is 3. The molecule has 6 heteroatoms. The Morgan fingerprint density at radius 3 is 2.39 bits per heavy atom. The molecule has 0 saturated heterocycles. The first-order valence-electron chi connectivity index (χ1n) is 7.70. The van der Waals surface area contributed by atoms with E-state index in [1.54, 1.807) is 6.92 Å². The predicted octanol–water partition coefficient (Wildman–Crippen LogP) is 2.95. The van der Waals surface area contributed by atoms with Crippen molar-refractivity contribution in [2.45, 2.75) is 28.2 Å². The molecule has 0 aliphatic heterocycles. The Morgan fingerprint density at radius 2 is 1.74 bits per heavy atom. The van der Waals surface area contributed by atoms with Crippen molar-refractivity contribution in [1.29, 1.82) is 0 Å². The van der Waals surface area contributed by atoms with Gasteiger partial charge in [-0.25, -0.2) is 0 Å². The summed E-state index contributed by atoms with van der Waals surface area (Å²) < 4.78 is 1.34. The van der Waals surface area contributed by atoms with E-state index in [9.17, 15) is 9.59 Å². The maximum absolute atomic E-state index is 12.0. The van der Waals surface area contributed by atoms with Crippen LogP contribution in [0.5, 0.6) is 0 Å². The number of amides is 3. The molecule has 5 nitrogen and oxygen atoms in total. The van der Waals surface area contributed by atoms with Crippen LogP contribution in [-0.2, 0) is 4.79 Å². The van der Waals surface area contributed by atoms with E-state index in [1.807, 2.05) is 18.2 Å². The van der Waals surface area contributed by atoms with Crippen LogP contribution in [0.25, 0.3) is 10.8 Å². The van der Waals surface area contributed by atoms with Crippen LogP contribution in [0.4, 0.5) is 10.5 Å². The first-order valence-corrected chi connectivity index (χ1v) is 17.7. The number of carbonyl (C=O) groups is 2. The van der Waals surface area contributed by atoms with Crippen molar-refractivity contribution in [3.05, 3.63) is 36.4 Å². The third-order valence-electron chi connectivity index (χ3n) is 3.61. The summed E-state index contributed by atoms with van der Waals surface area (Å²) in [6.45, 7) is 1.72. The summed E-state index contributed by atoms with van der Waals surface area (Å²) >= 11 is -2.28. The zero-order chi connectivity index (χ0) is 17.0. The van der Waals surface area contributed by atoms with Gasteiger partial charge in [0.25, 0.3) is 0 Å². The summed E-state index contributed by atoms with van der Waals surface area (Å²) in [7, 11) is 0. The van der Waals surface area contributed by atoms with Crippen LogP contribution in [-0.4, -0.2) is 30.3 Å². The molecule has 2 aromatic rings. The van der Waals surface area contributed by atoms with E-state index in [-0.39, 0.29) is 5.91 Å². The van der Waals surface area contributed by atoms with Crippen LogP contribution in [0.15, 0.2) is 36.4 Å². The van der Waals surface area contributed by atoms with E-state index in [0.717, 1.165) is 16.5 Å². The summed E-state index contributed by atoms with van der Waals surface area (Å²) in [5.41, 5.74) is 5.50. The van der Waals surface area contributed by atoms with E-state index in [4.69, 9.17) is 0 Å². The van der Waals surface area contributed by atoms with Crippen molar-refractivity contribution in [3.63, 3.8) is 0 Å². The van der Waals surface area contributed by atoms with Gasteiger partial charge in [0.2, 0.25) is 0 Å². The summed E-state index contributed by atoms with van der Waals surface area (Å²) in [5.74, 6) is -0.232. The fourth-order valence-corrected chi connectivity index (χ4v) is 5.54. The number of hydrogen-bond acceptors (Lipinski definition) is 2. The minimum atomic E-state index is -2.28. The predicted molar refractivity (Wildman–Crippen MR) is 97.5 cm³/mol. The second kappa shape index (κ2) is 7.21. The number of benzene rings is 2. The standard InChI is InChI=1S/C14H14N3O2.3CH3.Sn/c1-2-13(18)16-17-14(19)15-12-9-5-7-10-6-3-4-8-11(10)12;;;;/h3-4,6-9H,2H2,1H3,(H,16,18)(H2,15,17,19);3*1H3;. The topological polar surface area (TPSA) is 70.2 Å². The molecule has 3 amide bonds. The Labute approximate surface area is 140 Å². The van der Waals surface area contributed by atoms with Gasteiger partial charge in [0, 0.05) is 0 Å². The average Bonchev–Trinajstić information content (AvgIpc) is 2.51. The quantitative estimate of drug-likeness (QED) is 0.528. The van der Waals surface area contributed by atoms with Crippen molar-refractivity contribution >= 4 is 50.4 Å². The molecule has 0 aliphatic rings. The Bertz CT molecular complexity index is 738. The first kappa shape index (κ1) is 17.6. The number of hydrogen-bond donors (Lipinski definition) is 3. The fraction of sp³-hybridized carbons (Fsp3) is 0.294. The Hall–Kier alpha value is -1.76. The monoisotopic (exact) mass is 421 g/mol. The fourth-order valence-electron chi connectivity index (χ4n) is 2.22. The van der Waals surface area contributed by atoms with E-state index in [2.05, 4.69) is 49.2 Å². The molecule has 122 valence electrons.